The van der Waals surface area contributed by atoms with Crippen molar-refractivity contribution >= 4 is 15.7 Å². The normalized spacial score (nSPS) is 11.4. The quantitative estimate of drug-likeness (QED) is 0.618. The molecule has 0 unspecified atom stereocenters. The maximum absolute atomic E-state index is 11.9. The molecule has 0 radical (unpaired) electrons. The van der Waals surface area contributed by atoms with Crippen LogP contribution in [0.3, 0.4) is 0 Å². The number of nitro groups is 1. The summed E-state index contributed by atoms with van der Waals surface area (Å²) in [5.74, 6) is 0. The summed E-state index contributed by atoms with van der Waals surface area (Å²) >= 11 is 0. The number of aliphatic hydroxyl groups is 1. The predicted molar refractivity (Wildman–Crippen MR) is 85.5 cm³/mol. The molecule has 0 saturated heterocycles. The first-order valence-corrected chi connectivity index (χ1v) is 8.29. The zero-order valence-corrected chi connectivity index (χ0v) is 13.2. The van der Waals surface area contributed by atoms with Gasteiger partial charge in [-0.1, -0.05) is 24.3 Å². The van der Waals surface area contributed by atoms with E-state index in [0.717, 1.165) is 0 Å². The molecule has 0 amide bonds. The highest BCUT2D eigenvalue weighted by atomic mass is 32.2. The summed E-state index contributed by atoms with van der Waals surface area (Å²) in [6.07, 6.45) is 0. The highest BCUT2D eigenvalue weighted by molar-refractivity contribution is 7.89. The molecular weight excluding hydrogens is 320 g/mol. The third-order valence-corrected chi connectivity index (χ3v) is 4.78. The summed E-state index contributed by atoms with van der Waals surface area (Å²) in [5, 5.41) is 19.7. The van der Waals surface area contributed by atoms with Crippen LogP contribution in [0.2, 0.25) is 0 Å². The lowest BCUT2D eigenvalue weighted by molar-refractivity contribution is -0.385. The van der Waals surface area contributed by atoms with Crippen molar-refractivity contribution in [1.82, 2.24) is 4.72 Å². The SMILES string of the molecule is Cc1ccc(-c2ccc(S(=O)(=O)NCCO)cc2)cc1[N+](=O)[O-]. The van der Waals surface area contributed by atoms with E-state index in [-0.39, 0.29) is 23.7 Å². The summed E-state index contributed by atoms with van der Waals surface area (Å²) in [6.45, 7) is 1.31. The van der Waals surface area contributed by atoms with E-state index in [4.69, 9.17) is 5.11 Å². The molecule has 2 aromatic carbocycles. The molecule has 0 aliphatic carbocycles. The van der Waals surface area contributed by atoms with E-state index in [2.05, 4.69) is 4.72 Å². The Hall–Kier alpha value is -2.29. The van der Waals surface area contributed by atoms with Gasteiger partial charge in [0.1, 0.15) is 0 Å². The first-order valence-electron chi connectivity index (χ1n) is 6.81. The highest BCUT2D eigenvalue weighted by Crippen LogP contribution is 2.27. The van der Waals surface area contributed by atoms with Crippen molar-refractivity contribution in [3.05, 3.63) is 58.1 Å². The first kappa shape index (κ1) is 17.1. The maximum Gasteiger partial charge on any atom is 0.272 e. The number of benzene rings is 2. The zero-order chi connectivity index (χ0) is 17.0. The van der Waals surface area contributed by atoms with E-state index < -0.39 is 14.9 Å². The lowest BCUT2D eigenvalue weighted by Gasteiger charge is -2.07. The first-order chi connectivity index (χ1) is 10.8. The molecule has 23 heavy (non-hydrogen) atoms. The molecule has 7 nitrogen and oxygen atoms in total. The number of nitro benzene ring substituents is 1. The van der Waals surface area contributed by atoms with Crippen LogP contribution < -0.4 is 4.72 Å². The van der Waals surface area contributed by atoms with Crippen molar-refractivity contribution in [2.75, 3.05) is 13.2 Å². The van der Waals surface area contributed by atoms with Gasteiger partial charge in [-0.2, -0.15) is 0 Å². The summed E-state index contributed by atoms with van der Waals surface area (Å²) in [5.41, 5.74) is 1.89. The van der Waals surface area contributed by atoms with Gasteiger partial charge in [0.25, 0.3) is 5.69 Å². The number of aryl methyl sites for hydroxylation is 1. The summed E-state index contributed by atoms with van der Waals surface area (Å²) in [4.78, 5) is 10.6. The van der Waals surface area contributed by atoms with E-state index in [0.29, 0.717) is 16.7 Å². The molecule has 2 N–H and O–H groups in total. The molecule has 2 aromatic rings. The molecule has 0 atom stereocenters. The molecule has 2 rings (SSSR count). The number of hydrogen-bond acceptors (Lipinski definition) is 5. The molecule has 0 heterocycles. The van der Waals surface area contributed by atoms with Crippen molar-refractivity contribution in [2.45, 2.75) is 11.8 Å². The molecule has 0 saturated carbocycles. The Bertz CT molecular complexity index is 816. The Morgan fingerprint density at radius 1 is 1.13 bits per heavy atom. The van der Waals surface area contributed by atoms with E-state index in [1.807, 2.05) is 0 Å². The minimum Gasteiger partial charge on any atom is -0.395 e. The van der Waals surface area contributed by atoms with E-state index in [1.165, 1.54) is 18.2 Å². The third-order valence-electron chi connectivity index (χ3n) is 3.31. The van der Waals surface area contributed by atoms with Crippen LogP contribution in [0.25, 0.3) is 11.1 Å². The van der Waals surface area contributed by atoms with E-state index >= 15 is 0 Å². The minimum absolute atomic E-state index is 0.0174. The number of nitrogens with zero attached hydrogens (tertiary/aromatic N) is 1. The van der Waals surface area contributed by atoms with Gasteiger partial charge in [0.2, 0.25) is 10.0 Å². The van der Waals surface area contributed by atoms with E-state index in [1.54, 1.807) is 31.2 Å². The number of nitrogens with one attached hydrogen (secondary N) is 1. The lowest BCUT2D eigenvalue weighted by atomic mass is 10.0. The van der Waals surface area contributed by atoms with Gasteiger partial charge in [-0.3, -0.25) is 10.1 Å². The summed E-state index contributed by atoms with van der Waals surface area (Å²) in [7, 11) is -3.67. The van der Waals surface area contributed by atoms with Crippen molar-refractivity contribution in [2.24, 2.45) is 0 Å². The zero-order valence-electron chi connectivity index (χ0n) is 12.4. The number of sulfonamides is 1. The summed E-state index contributed by atoms with van der Waals surface area (Å²) < 4.78 is 26.1. The molecular formula is C15H16N2O5S. The number of aliphatic hydroxyl groups excluding tert-OH is 1. The lowest BCUT2D eigenvalue weighted by Crippen LogP contribution is -2.26. The van der Waals surface area contributed by atoms with Crippen LogP contribution in [0.15, 0.2) is 47.4 Å². The second kappa shape index (κ2) is 6.86. The third kappa shape index (κ3) is 3.92. The molecule has 0 aliphatic heterocycles. The Morgan fingerprint density at radius 2 is 1.74 bits per heavy atom. The molecule has 8 heteroatoms. The summed E-state index contributed by atoms with van der Waals surface area (Å²) in [6, 6.07) is 10.9. The van der Waals surface area contributed by atoms with Crippen LogP contribution in [0, 0.1) is 17.0 Å². The van der Waals surface area contributed by atoms with Gasteiger partial charge < -0.3 is 5.11 Å². The second-order valence-corrected chi connectivity index (χ2v) is 6.67. The molecule has 0 aliphatic rings. The maximum atomic E-state index is 11.9. The number of hydrogen-bond donors (Lipinski definition) is 2. The van der Waals surface area contributed by atoms with Gasteiger partial charge in [-0.25, -0.2) is 13.1 Å². The average molecular weight is 336 g/mol. The fourth-order valence-corrected chi connectivity index (χ4v) is 3.10. The standard InChI is InChI=1S/C15H16N2O5S/c1-11-2-3-13(10-15(11)17(19)20)12-4-6-14(7-5-12)23(21,22)16-8-9-18/h2-7,10,16,18H,8-9H2,1H3. The van der Waals surface area contributed by atoms with Gasteiger partial charge in [-0.15, -0.1) is 0 Å². The largest absolute Gasteiger partial charge is 0.395 e. The molecule has 0 spiro atoms. The second-order valence-electron chi connectivity index (χ2n) is 4.90. The Kier molecular flexibility index (Phi) is 5.09. The van der Waals surface area contributed by atoms with Gasteiger partial charge in [0.05, 0.1) is 16.4 Å². The van der Waals surface area contributed by atoms with Gasteiger partial charge >= 0.3 is 0 Å². The Balaban J connectivity index is 2.33. The fourth-order valence-electron chi connectivity index (χ4n) is 2.08. The molecule has 0 bridgehead atoms. The predicted octanol–water partition coefficient (Wildman–Crippen LogP) is 1.84. The average Bonchev–Trinajstić information content (AvgIpc) is 2.53. The van der Waals surface area contributed by atoms with Gasteiger partial charge in [0.15, 0.2) is 0 Å². The van der Waals surface area contributed by atoms with Crippen molar-refractivity contribution in [3.63, 3.8) is 0 Å². The van der Waals surface area contributed by atoms with Crippen LogP contribution >= 0.6 is 0 Å². The van der Waals surface area contributed by atoms with Crippen molar-refractivity contribution < 1.29 is 18.4 Å². The number of rotatable bonds is 6. The van der Waals surface area contributed by atoms with Crippen LogP contribution in [0.1, 0.15) is 5.56 Å². The van der Waals surface area contributed by atoms with Crippen LogP contribution in [0.5, 0.6) is 0 Å². The van der Waals surface area contributed by atoms with E-state index in [9.17, 15) is 18.5 Å². The Labute approximate surface area is 133 Å². The van der Waals surface area contributed by atoms with Crippen LogP contribution in [-0.4, -0.2) is 31.6 Å². The Morgan fingerprint density at radius 3 is 2.30 bits per heavy atom. The monoisotopic (exact) mass is 336 g/mol. The smallest absolute Gasteiger partial charge is 0.272 e. The molecule has 122 valence electrons. The fraction of sp³-hybridized carbons (Fsp3) is 0.200. The van der Waals surface area contributed by atoms with Crippen molar-refractivity contribution in [1.29, 1.82) is 0 Å². The topological polar surface area (TPSA) is 110 Å². The van der Waals surface area contributed by atoms with Crippen molar-refractivity contribution in [3.8, 4) is 11.1 Å². The van der Waals surface area contributed by atoms with Gasteiger partial charge in [0, 0.05) is 18.2 Å². The van der Waals surface area contributed by atoms with Crippen LogP contribution in [-0.2, 0) is 10.0 Å². The molecule has 0 fully saturated rings. The molecule has 0 aromatic heterocycles. The highest BCUT2D eigenvalue weighted by Gasteiger charge is 2.15. The minimum atomic E-state index is -3.67. The van der Waals surface area contributed by atoms with Gasteiger partial charge in [-0.05, 0) is 30.2 Å². The van der Waals surface area contributed by atoms with Crippen LogP contribution in [0.4, 0.5) is 5.69 Å².